The van der Waals surface area contributed by atoms with Crippen LogP contribution in [0.4, 0.5) is 17.1 Å². The molecule has 0 amide bonds. The molecule has 0 spiro atoms. The molecule has 0 aliphatic heterocycles. The molecule has 2 nitrogen and oxygen atoms in total. The van der Waals surface area contributed by atoms with E-state index in [1.165, 1.54) is 55.2 Å². The monoisotopic (exact) mass is 714 g/mol. The van der Waals surface area contributed by atoms with Crippen molar-refractivity contribution in [2.75, 3.05) is 4.90 Å². The van der Waals surface area contributed by atoms with E-state index in [0.29, 0.717) is 0 Å². The number of nitrogens with zero attached hydrogens (tertiary/aromatic N) is 2. The molecule has 9 aromatic carbocycles. The molecule has 1 aromatic heterocycles. The summed E-state index contributed by atoms with van der Waals surface area (Å²) in [6.07, 6.45) is 0. The first kappa shape index (κ1) is 33.2. The van der Waals surface area contributed by atoms with Gasteiger partial charge in [-0.2, -0.15) is 0 Å². The number of para-hydroxylation sites is 2. The van der Waals surface area contributed by atoms with Gasteiger partial charge in [-0.15, -0.1) is 0 Å². The predicted octanol–water partition coefficient (Wildman–Crippen LogP) is 14.9. The number of anilines is 3. The summed E-state index contributed by atoms with van der Waals surface area (Å²) in [4.78, 5) is 2.42. The van der Waals surface area contributed by atoms with Crippen LogP contribution < -0.4 is 4.90 Å². The summed E-state index contributed by atoms with van der Waals surface area (Å²) < 4.78 is 2.39. The summed E-state index contributed by atoms with van der Waals surface area (Å²) in [6, 6.07) is 83.1. The number of aromatic nitrogens is 1. The third-order valence-corrected chi connectivity index (χ3v) is 10.8. The van der Waals surface area contributed by atoms with Crippen molar-refractivity contribution < 1.29 is 0 Å². The van der Waals surface area contributed by atoms with Crippen molar-refractivity contribution >= 4 is 38.9 Å². The van der Waals surface area contributed by atoms with Gasteiger partial charge in [0.1, 0.15) is 0 Å². The van der Waals surface area contributed by atoms with Gasteiger partial charge in [-0.1, -0.05) is 170 Å². The molecule has 10 aromatic rings. The van der Waals surface area contributed by atoms with Crippen molar-refractivity contribution in [1.82, 2.24) is 4.57 Å². The van der Waals surface area contributed by atoms with Gasteiger partial charge in [0.25, 0.3) is 0 Å². The average molecular weight is 715 g/mol. The first-order valence-electron chi connectivity index (χ1n) is 19.2. The fourth-order valence-electron chi connectivity index (χ4n) is 8.18. The highest BCUT2D eigenvalue weighted by atomic mass is 15.1. The van der Waals surface area contributed by atoms with Crippen molar-refractivity contribution in [3.05, 3.63) is 231 Å². The summed E-state index contributed by atoms with van der Waals surface area (Å²) in [7, 11) is 0. The summed E-state index contributed by atoms with van der Waals surface area (Å²) in [5.41, 5.74) is 16.3. The molecule has 56 heavy (non-hydrogen) atoms. The maximum atomic E-state index is 2.42. The molecule has 0 fully saturated rings. The van der Waals surface area contributed by atoms with Crippen molar-refractivity contribution in [2.45, 2.75) is 0 Å². The van der Waals surface area contributed by atoms with Crippen LogP contribution in [0, 0.1) is 0 Å². The molecule has 0 radical (unpaired) electrons. The Kier molecular flexibility index (Phi) is 8.55. The highest BCUT2D eigenvalue weighted by Gasteiger charge is 2.21. The van der Waals surface area contributed by atoms with Crippen LogP contribution in [0.2, 0.25) is 0 Å². The number of rotatable bonds is 8. The molecule has 0 atom stereocenters. The highest BCUT2D eigenvalue weighted by molar-refractivity contribution is 6.16. The standard InChI is InChI=1S/C54H38N2/c1-5-17-39(18-6-1)41-31-34-46(35-32-41)55(52-36-33-43(40-19-7-2-8-20-40)38-50(52)42-21-9-3-10-22-42)47-26-15-23-44(37-47)48-28-16-30-53-54(48)49-27-13-14-29-51(49)56(53)45-24-11-4-12-25-45/h1-38H. The zero-order valence-electron chi connectivity index (χ0n) is 30.8. The predicted molar refractivity (Wildman–Crippen MR) is 237 cm³/mol. The second-order valence-corrected chi connectivity index (χ2v) is 14.2. The highest BCUT2D eigenvalue weighted by Crippen LogP contribution is 2.45. The van der Waals surface area contributed by atoms with Gasteiger partial charge in [0.05, 0.1) is 16.7 Å². The lowest BCUT2D eigenvalue weighted by Gasteiger charge is -2.29. The number of hydrogen-bond acceptors (Lipinski definition) is 1. The zero-order valence-corrected chi connectivity index (χ0v) is 30.8. The lowest BCUT2D eigenvalue weighted by Crippen LogP contribution is -2.11. The van der Waals surface area contributed by atoms with Gasteiger partial charge in [-0.05, 0) is 99.6 Å². The van der Waals surface area contributed by atoms with E-state index in [9.17, 15) is 0 Å². The van der Waals surface area contributed by atoms with Gasteiger partial charge in [0.15, 0.2) is 0 Å². The number of hydrogen-bond donors (Lipinski definition) is 0. The second kappa shape index (κ2) is 14.4. The molecule has 0 N–H and O–H groups in total. The molecule has 0 saturated heterocycles. The Morgan fingerprint density at radius 2 is 0.839 bits per heavy atom. The SMILES string of the molecule is c1ccc(-c2ccc(N(c3cccc(-c4cccc5c4c4ccccc4n5-c4ccccc4)c3)c3ccc(-c4ccccc4)cc3-c3ccccc3)cc2)cc1. The first-order chi connectivity index (χ1) is 27.8. The van der Waals surface area contributed by atoms with Crippen LogP contribution in [-0.4, -0.2) is 4.57 Å². The van der Waals surface area contributed by atoms with Gasteiger partial charge >= 0.3 is 0 Å². The number of fused-ring (bicyclic) bond motifs is 3. The second-order valence-electron chi connectivity index (χ2n) is 14.2. The van der Waals surface area contributed by atoms with Gasteiger partial charge in [0.2, 0.25) is 0 Å². The smallest absolute Gasteiger partial charge is 0.0547 e. The maximum absolute atomic E-state index is 2.42. The van der Waals surface area contributed by atoms with E-state index in [4.69, 9.17) is 0 Å². The van der Waals surface area contributed by atoms with Crippen molar-refractivity contribution in [3.8, 4) is 50.2 Å². The summed E-state index contributed by atoms with van der Waals surface area (Å²) in [5.74, 6) is 0. The Morgan fingerprint density at radius 1 is 0.304 bits per heavy atom. The summed E-state index contributed by atoms with van der Waals surface area (Å²) in [6.45, 7) is 0. The van der Waals surface area contributed by atoms with E-state index in [1.54, 1.807) is 0 Å². The van der Waals surface area contributed by atoms with Crippen LogP contribution in [0.3, 0.4) is 0 Å². The van der Waals surface area contributed by atoms with E-state index in [-0.39, 0.29) is 0 Å². The van der Waals surface area contributed by atoms with Crippen LogP contribution in [0.1, 0.15) is 0 Å². The maximum Gasteiger partial charge on any atom is 0.0547 e. The van der Waals surface area contributed by atoms with Crippen LogP contribution >= 0.6 is 0 Å². The number of benzene rings is 9. The molecule has 0 saturated carbocycles. The van der Waals surface area contributed by atoms with Crippen molar-refractivity contribution in [2.24, 2.45) is 0 Å². The van der Waals surface area contributed by atoms with Crippen LogP contribution in [0.25, 0.3) is 72.0 Å². The van der Waals surface area contributed by atoms with Gasteiger partial charge in [-0.3, -0.25) is 0 Å². The van der Waals surface area contributed by atoms with Crippen molar-refractivity contribution in [1.29, 1.82) is 0 Å². The van der Waals surface area contributed by atoms with E-state index in [1.807, 2.05) is 0 Å². The topological polar surface area (TPSA) is 8.17 Å². The van der Waals surface area contributed by atoms with Gasteiger partial charge in [-0.25, -0.2) is 0 Å². The van der Waals surface area contributed by atoms with Crippen molar-refractivity contribution in [3.63, 3.8) is 0 Å². The Balaban J connectivity index is 1.18. The van der Waals surface area contributed by atoms with Gasteiger partial charge < -0.3 is 9.47 Å². The average Bonchev–Trinajstić information content (AvgIpc) is 3.63. The fourth-order valence-corrected chi connectivity index (χ4v) is 8.18. The molecule has 0 aliphatic carbocycles. The summed E-state index contributed by atoms with van der Waals surface area (Å²) >= 11 is 0. The molecule has 0 aliphatic rings. The van der Waals surface area contributed by atoms with Crippen LogP contribution in [-0.2, 0) is 0 Å². The molecule has 0 unspecified atom stereocenters. The normalized spacial score (nSPS) is 11.2. The molecule has 0 bridgehead atoms. The molecule has 2 heteroatoms. The minimum absolute atomic E-state index is 1.09. The fraction of sp³-hybridized carbons (Fsp3) is 0. The molecule has 10 rings (SSSR count). The Morgan fingerprint density at radius 3 is 1.55 bits per heavy atom. The van der Waals surface area contributed by atoms with Crippen LogP contribution in [0.15, 0.2) is 231 Å². The molecular formula is C54H38N2. The Labute approximate surface area is 327 Å². The lowest BCUT2D eigenvalue weighted by molar-refractivity contribution is 1.18. The third-order valence-electron chi connectivity index (χ3n) is 10.8. The van der Waals surface area contributed by atoms with Crippen LogP contribution in [0.5, 0.6) is 0 Å². The van der Waals surface area contributed by atoms with Gasteiger partial charge in [0, 0.05) is 33.4 Å². The molecule has 1 heterocycles. The Bertz CT molecular complexity index is 2930. The molecule has 264 valence electrons. The van der Waals surface area contributed by atoms with E-state index in [2.05, 4.69) is 240 Å². The first-order valence-corrected chi connectivity index (χ1v) is 19.2. The van der Waals surface area contributed by atoms with E-state index >= 15 is 0 Å². The molecular weight excluding hydrogens is 677 g/mol. The third kappa shape index (κ3) is 6.04. The Hall–Kier alpha value is -7.42. The lowest BCUT2D eigenvalue weighted by atomic mass is 9.95. The largest absolute Gasteiger partial charge is 0.310 e. The van der Waals surface area contributed by atoms with E-state index in [0.717, 1.165) is 33.9 Å². The summed E-state index contributed by atoms with van der Waals surface area (Å²) in [5, 5.41) is 2.49. The zero-order chi connectivity index (χ0) is 37.3. The van der Waals surface area contributed by atoms with E-state index < -0.39 is 0 Å². The minimum Gasteiger partial charge on any atom is -0.310 e. The quantitative estimate of drug-likeness (QED) is 0.152. The minimum atomic E-state index is 1.09.